The second-order valence-corrected chi connectivity index (χ2v) is 6.53. The van der Waals surface area contributed by atoms with E-state index in [4.69, 9.17) is 9.47 Å². The number of thiazole rings is 1. The monoisotopic (exact) mass is 361 g/mol. The molecule has 0 saturated carbocycles. The number of aromatic nitrogens is 1. The minimum Gasteiger partial charge on any atom is -0.497 e. The Labute approximate surface area is 149 Å². The first kappa shape index (κ1) is 17.2. The van der Waals surface area contributed by atoms with Crippen molar-refractivity contribution in [3.05, 3.63) is 40.4 Å². The van der Waals surface area contributed by atoms with Gasteiger partial charge in [0.15, 0.2) is 5.13 Å². The number of hydrogen-bond donors (Lipinski definition) is 1. The quantitative estimate of drug-likeness (QED) is 0.906. The van der Waals surface area contributed by atoms with Crippen LogP contribution in [0, 0.1) is 0 Å². The van der Waals surface area contributed by atoms with Crippen molar-refractivity contribution in [2.24, 2.45) is 0 Å². The van der Waals surface area contributed by atoms with Crippen molar-refractivity contribution >= 4 is 28.5 Å². The van der Waals surface area contributed by atoms with Crippen LogP contribution in [0.3, 0.4) is 0 Å². The van der Waals surface area contributed by atoms with Crippen molar-refractivity contribution in [3.63, 3.8) is 0 Å². The molecule has 0 unspecified atom stereocenters. The van der Waals surface area contributed by atoms with Gasteiger partial charge in [-0.25, -0.2) is 9.78 Å². The molecule has 0 fully saturated rings. The Hall–Kier alpha value is -2.61. The van der Waals surface area contributed by atoms with Gasteiger partial charge in [-0.3, -0.25) is 10.1 Å². The van der Waals surface area contributed by atoms with Crippen LogP contribution >= 0.6 is 11.3 Å². The van der Waals surface area contributed by atoms with E-state index < -0.39 is 0 Å². The van der Waals surface area contributed by atoms with Gasteiger partial charge in [0.25, 0.3) is 5.91 Å². The molecular formula is C17H19N3O4S. The van der Waals surface area contributed by atoms with Gasteiger partial charge in [-0.05, 0) is 31.2 Å². The second-order valence-electron chi connectivity index (χ2n) is 5.44. The smallest absolute Gasteiger partial charge is 0.410 e. The highest BCUT2D eigenvalue weighted by Gasteiger charge is 2.25. The molecule has 0 saturated heterocycles. The maximum Gasteiger partial charge on any atom is 0.410 e. The molecule has 8 heteroatoms. The number of methoxy groups -OCH3 is 1. The largest absolute Gasteiger partial charge is 0.497 e. The molecule has 1 aliphatic rings. The molecule has 1 N–H and O–H groups in total. The molecule has 0 atom stereocenters. The van der Waals surface area contributed by atoms with E-state index in [1.54, 1.807) is 43.2 Å². The summed E-state index contributed by atoms with van der Waals surface area (Å²) in [6, 6.07) is 6.87. The lowest BCUT2D eigenvalue weighted by Crippen LogP contribution is -2.35. The molecule has 0 aliphatic carbocycles. The average Bonchev–Trinajstić information content (AvgIpc) is 3.03. The summed E-state index contributed by atoms with van der Waals surface area (Å²) in [7, 11) is 1.58. The number of nitrogens with one attached hydrogen (secondary N) is 1. The molecule has 25 heavy (non-hydrogen) atoms. The Kier molecular flexibility index (Phi) is 5.18. The van der Waals surface area contributed by atoms with Gasteiger partial charge in [0.1, 0.15) is 5.75 Å². The molecule has 2 aromatic rings. The van der Waals surface area contributed by atoms with Crippen molar-refractivity contribution in [3.8, 4) is 5.75 Å². The SMILES string of the molecule is CCOC(=O)N1CCc2nc(NC(=O)c3ccc(OC)cc3)sc2C1. The molecule has 132 valence electrons. The van der Waals surface area contributed by atoms with Crippen LogP contribution in [0.2, 0.25) is 0 Å². The fraction of sp³-hybridized carbons (Fsp3) is 0.353. The van der Waals surface area contributed by atoms with Crippen molar-refractivity contribution in [2.45, 2.75) is 19.9 Å². The van der Waals surface area contributed by atoms with E-state index >= 15 is 0 Å². The predicted molar refractivity (Wildman–Crippen MR) is 94.2 cm³/mol. The number of benzene rings is 1. The number of ether oxygens (including phenoxy) is 2. The van der Waals surface area contributed by atoms with Crippen LogP contribution in [0.5, 0.6) is 5.75 Å². The molecule has 0 spiro atoms. The number of fused-ring (bicyclic) bond motifs is 1. The van der Waals surface area contributed by atoms with Gasteiger partial charge < -0.3 is 14.4 Å². The molecule has 7 nitrogen and oxygen atoms in total. The molecule has 2 amide bonds. The van der Waals surface area contributed by atoms with E-state index in [9.17, 15) is 9.59 Å². The van der Waals surface area contributed by atoms with E-state index in [2.05, 4.69) is 10.3 Å². The lowest BCUT2D eigenvalue weighted by atomic mass is 10.2. The van der Waals surface area contributed by atoms with Crippen LogP contribution in [-0.4, -0.2) is 42.1 Å². The first-order chi connectivity index (χ1) is 12.1. The Morgan fingerprint density at radius 2 is 2.08 bits per heavy atom. The Balaban J connectivity index is 1.67. The summed E-state index contributed by atoms with van der Waals surface area (Å²) in [4.78, 5) is 31.3. The fourth-order valence-electron chi connectivity index (χ4n) is 2.53. The molecular weight excluding hydrogens is 342 g/mol. The zero-order valence-corrected chi connectivity index (χ0v) is 14.9. The van der Waals surface area contributed by atoms with Crippen LogP contribution in [0.4, 0.5) is 9.93 Å². The lowest BCUT2D eigenvalue weighted by Gasteiger charge is -2.24. The Morgan fingerprint density at radius 1 is 1.32 bits per heavy atom. The lowest BCUT2D eigenvalue weighted by molar-refractivity contribution is 0.102. The highest BCUT2D eigenvalue weighted by Crippen LogP contribution is 2.29. The minimum absolute atomic E-state index is 0.226. The van der Waals surface area contributed by atoms with E-state index in [-0.39, 0.29) is 12.0 Å². The highest BCUT2D eigenvalue weighted by molar-refractivity contribution is 7.15. The van der Waals surface area contributed by atoms with Crippen LogP contribution < -0.4 is 10.1 Å². The number of hydrogen-bond acceptors (Lipinski definition) is 6. The summed E-state index contributed by atoms with van der Waals surface area (Å²) in [5, 5.41) is 3.35. The zero-order chi connectivity index (χ0) is 17.8. The van der Waals surface area contributed by atoms with Gasteiger partial charge >= 0.3 is 6.09 Å². The van der Waals surface area contributed by atoms with Gasteiger partial charge in [0.2, 0.25) is 0 Å². The second kappa shape index (κ2) is 7.52. The number of anilines is 1. The number of rotatable bonds is 4. The van der Waals surface area contributed by atoms with Gasteiger partial charge in [-0.15, -0.1) is 0 Å². The van der Waals surface area contributed by atoms with E-state index in [0.29, 0.717) is 42.6 Å². The third kappa shape index (κ3) is 3.90. The number of amides is 2. The first-order valence-corrected chi connectivity index (χ1v) is 8.78. The van der Waals surface area contributed by atoms with Gasteiger partial charge in [0.05, 0.1) is 26.0 Å². The maximum atomic E-state index is 12.3. The maximum absolute atomic E-state index is 12.3. The molecule has 2 heterocycles. The molecule has 0 bridgehead atoms. The summed E-state index contributed by atoms with van der Waals surface area (Å²) in [6.07, 6.45) is 0.341. The van der Waals surface area contributed by atoms with E-state index in [1.165, 1.54) is 11.3 Å². The fourth-order valence-corrected chi connectivity index (χ4v) is 3.55. The molecule has 1 aromatic heterocycles. The van der Waals surface area contributed by atoms with Crippen LogP contribution in [0.1, 0.15) is 27.9 Å². The van der Waals surface area contributed by atoms with Crippen LogP contribution in [0.25, 0.3) is 0 Å². The first-order valence-electron chi connectivity index (χ1n) is 7.96. The standard InChI is InChI=1S/C17H19N3O4S/c1-3-24-17(22)20-9-8-13-14(10-20)25-16(18-13)19-15(21)11-4-6-12(23-2)7-5-11/h4-7H,3,8-10H2,1-2H3,(H,18,19,21). The van der Waals surface area contributed by atoms with Gasteiger partial charge in [-0.1, -0.05) is 11.3 Å². The third-order valence-electron chi connectivity index (χ3n) is 3.83. The molecule has 3 rings (SSSR count). The summed E-state index contributed by atoms with van der Waals surface area (Å²) in [5.74, 6) is 0.469. The van der Waals surface area contributed by atoms with Gasteiger partial charge in [-0.2, -0.15) is 0 Å². The topological polar surface area (TPSA) is 80.8 Å². The number of carbonyl (C=O) groups excluding carboxylic acids is 2. The van der Waals surface area contributed by atoms with Crippen LogP contribution in [-0.2, 0) is 17.7 Å². The van der Waals surface area contributed by atoms with Crippen molar-refractivity contribution in [2.75, 3.05) is 25.6 Å². The summed E-state index contributed by atoms with van der Waals surface area (Å²) >= 11 is 1.39. The van der Waals surface area contributed by atoms with Crippen LogP contribution in [0.15, 0.2) is 24.3 Å². The summed E-state index contributed by atoms with van der Waals surface area (Å²) in [6.45, 7) is 3.17. The molecule has 1 aromatic carbocycles. The predicted octanol–water partition coefficient (Wildman–Crippen LogP) is 2.92. The van der Waals surface area contributed by atoms with Crippen molar-refractivity contribution in [1.82, 2.24) is 9.88 Å². The Morgan fingerprint density at radius 3 is 2.76 bits per heavy atom. The van der Waals surface area contributed by atoms with Crippen molar-refractivity contribution < 1.29 is 19.1 Å². The number of nitrogens with zero attached hydrogens (tertiary/aromatic N) is 2. The van der Waals surface area contributed by atoms with E-state index in [0.717, 1.165) is 10.6 Å². The zero-order valence-electron chi connectivity index (χ0n) is 14.1. The normalized spacial score (nSPS) is 13.1. The molecule has 0 radical (unpaired) electrons. The van der Waals surface area contributed by atoms with Crippen molar-refractivity contribution in [1.29, 1.82) is 0 Å². The van der Waals surface area contributed by atoms with E-state index in [1.807, 2.05) is 0 Å². The summed E-state index contributed by atoms with van der Waals surface area (Å²) in [5.41, 5.74) is 1.46. The minimum atomic E-state index is -0.314. The summed E-state index contributed by atoms with van der Waals surface area (Å²) < 4.78 is 10.1. The Bertz CT molecular complexity index is 773. The molecule has 1 aliphatic heterocycles. The number of carbonyl (C=O) groups is 2. The third-order valence-corrected chi connectivity index (χ3v) is 4.83. The van der Waals surface area contributed by atoms with Gasteiger partial charge in [0, 0.05) is 23.4 Å². The average molecular weight is 361 g/mol. The highest BCUT2D eigenvalue weighted by atomic mass is 32.1.